The summed E-state index contributed by atoms with van der Waals surface area (Å²) in [4.78, 5) is 11.0. The Morgan fingerprint density at radius 3 is 2.67 bits per heavy atom. The van der Waals surface area contributed by atoms with Gasteiger partial charge in [-0.05, 0) is 48.8 Å². The van der Waals surface area contributed by atoms with Gasteiger partial charge in [0.1, 0.15) is 6.04 Å². The first-order valence-corrected chi connectivity index (χ1v) is 7.24. The summed E-state index contributed by atoms with van der Waals surface area (Å²) in [6.45, 7) is 1.11. The van der Waals surface area contributed by atoms with Crippen LogP contribution < -0.4 is 5.32 Å². The van der Waals surface area contributed by atoms with Crippen molar-refractivity contribution < 1.29 is 18.0 Å². The number of alkyl halides is 3. The fourth-order valence-corrected chi connectivity index (χ4v) is 3.27. The van der Waals surface area contributed by atoms with E-state index in [9.17, 15) is 18.0 Å². The van der Waals surface area contributed by atoms with Crippen LogP contribution in [0.2, 0.25) is 5.02 Å². The van der Waals surface area contributed by atoms with Gasteiger partial charge in [-0.2, -0.15) is 13.2 Å². The van der Waals surface area contributed by atoms with Gasteiger partial charge >= 0.3 is 6.18 Å². The number of halogens is 4. The summed E-state index contributed by atoms with van der Waals surface area (Å²) in [5, 5.41) is 2.64. The Labute approximate surface area is 126 Å². The van der Waals surface area contributed by atoms with E-state index in [2.05, 4.69) is 5.32 Å². The highest BCUT2D eigenvalue weighted by Crippen LogP contribution is 2.43. The SMILES string of the molecule is CC(=O)NC([C@H]1CC[C@@H](c2cccc(Cl)c2)C1)C(F)(F)F. The quantitative estimate of drug-likeness (QED) is 0.884. The first-order valence-electron chi connectivity index (χ1n) is 6.86. The minimum absolute atomic E-state index is 0.0623. The Bertz CT molecular complexity index is 518. The van der Waals surface area contributed by atoms with Crippen molar-refractivity contribution in [3.8, 4) is 0 Å². The van der Waals surface area contributed by atoms with Crippen LogP contribution in [0.4, 0.5) is 13.2 Å². The van der Waals surface area contributed by atoms with Crippen LogP contribution in [0.1, 0.15) is 37.7 Å². The molecule has 2 nitrogen and oxygen atoms in total. The maximum absolute atomic E-state index is 13.1. The summed E-state index contributed by atoms with van der Waals surface area (Å²) in [5.41, 5.74) is 0.966. The second-order valence-electron chi connectivity index (χ2n) is 5.54. The third-order valence-corrected chi connectivity index (χ3v) is 4.21. The molecule has 0 radical (unpaired) electrons. The molecule has 1 aliphatic rings. The molecule has 0 bridgehead atoms. The molecule has 116 valence electrons. The summed E-state index contributed by atoms with van der Waals surface area (Å²) >= 11 is 5.93. The van der Waals surface area contributed by atoms with Crippen molar-refractivity contribution in [1.82, 2.24) is 5.32 Å². The second-order valence-corrected chi connectivity index (χ2v) is 5.98. The van der Waals surface area contributed by atoms with Crippen molar-refractivity contribution in [2.75, 3.05) is 0 Å². The van der Waals surface area contributed by atoms with Gasteiger partial charge in [-0.3, -0.25) is 4.79 Å². The molecule has 1 unspecified atom stereocenters. The van der Waals surface area contributed by atoms with E-state index >= 15 is 0 Å². The van der Waals surface area contributed by atoms with Gasteiger partial charge in [0.2, 0.25) is 5.91 Å². The van der Waals surface area contributed by atoms with E-state index in [0.29, 0.717) is 24.3 Å². The molecule has 1 aromatic rings. The van der Waals surface area contributed by atoms with Crippen molar-refractivity contribution in [2.45, 2.75) is 44.3 Å². The molecule has 3 atom stereocenters. The van der Waals surface area contributed by atoms with Crippen LogP contribution in [0.15, 0.2) is 24.3 Å². The highest BCUT2D eigenvalue weighted by atomic mass is 35.5. The van der Waals surface area contributed by atoms with Crippen LogP contribution >= 0.6 is 11.6 Å². The van der Waals surface area contributed by atoms with Crippen molar-refractivity contribution in [3.05, 3.63) is 34.9 Å². The molecule has 2 rings (SSSR count). The number of hydrogen-bond donors (Lipinski definition) is 1. The van der Waals surface area contributed by atoms with E-state index in [1.54, 1.807) is 18.2 Å². The summed E-state index contributed by atoms with van der Waals surface area (Å²) in [5.74, 6) is -1.17. The molecule has 1 N–H and O–H groups in total. The number of rotatable bonds is 3. The van der Waals surface area contributed by atoms with Gasteiger partial charge in [-0.25, -0.2) is 0 Å². The van der Waals surface area contributed by atoms with Crippen LogP contribution in [-0.4, -0.2) is 18.1 Å². The maximum atomic E-state index is 13.1. The van der Waals surface area contributed by atoms with Crippen LogP contribution in [0.25, 0.3) is 0 Å². The lowest BCUT2D eigenvalue weighted by Gasteiger charge is -2.26. The highest BCUT2D eigenvalue weighted by Gasteiger charge is 2.47. The molecular formula is C15H17ClF3NO. The van der Waals surface area contributed by atoms with E-state index < -0.39 is 24.0 Å². The molecule has 1 fully saturated rings. The minimum Gasteiger partial charge on any atom is -0.344 e. The monoisotopic (exact) mass is 319 g/mol. The predicted molar refractivity (Wildman–Crippen MR) is 75.2 cm³/mol. The van der Waals surface area contributed by atoms with E-state index in [1.165, 1.54) is 0 Å². The van der Waals surface area contributed by atoms with E-state index in [1.807, 2.05) is 6.07 Å². The third kappa shape index (κ3) is 4.13. The number of hydrogen-bond acceptors (Lipinski definition) is 1. The maximum Gasteiger partial charge on any atom is 0.408 e. The lowest BCUT2D eigenvalue weighted by atomic mass is 9.93. The van der Waals surface area contributed by atoms with E-state index in [-0.39, 0.29) is 5.92 Å². The van der Waals surface area contributed by atoms with Crippen LogP contribution in [0.5, 0.6) is 0 Å². The lowest BCUT2D eigenvalue weighted by molar-refractivity contribution is -0.171. The van der Waals surface area contributed by atoms with Crippen LogP contribution in [-0.2, 0) is 4.79 Å². The molecule has 1 aromatic carbocycles. The van der Waals surface area contributed by atoms with Gasteiger partial charge in [0.05, 0.1) is 0 Å². The van der Waals surface area contributed by atoms with Gasteiger partial charge in [0.25, 0.3) is 0 Å². The van der Waals surface area contributed by atoms with Crippen molar-refractivity contribution in [2.24, 2.45) is 5.92 Å². The third-order valence-electron chi connectivity index (χ3n) is 3.98. The fraction of sp³-hybridized carbons (Fsp3) is 0.533. The van der Waals surface area contributed by atoms with Crippen LogP contribution in [0, 0.1) is 5.92 Å². The Morgan fingerprint density at radius 2 is 2.10 bits per heavy atom. The van der Waals surface area contributed by atoms with Gasteiger partial charge in [-0.1, -0.05) is 23.7 Å². The standard InChI is InChI=1S/C15H17ClF3NO/c1-9(21)20-14(15(17,18)19)12-6-5-11(7-12)10-3-2-4-13(16)8-10/h2-4,8,11-12,14H,5-7H2,1H3,(H,20,21)/t11-,12+,14?/m1/s1. The van der Waals surface area contributed by atoms with Gasteiger partial charge < -0.3 is 5.32 Å². The molecule has 1 amide bonds. The zero-order valence-electron chi connectivity index (χ0n) is 11.6. The predicted octanol–water partition coefficient (Wildman–Crippen LogP) is 4.29. The van der Waals surface area contributed by atoms with E-state index in [4.69, 9.17) is 11.6 Å². The number of carbonyl (C=O) groups is 1. The summed E-state index contributed by atoms with van der Waals surface area (Å²) in [6, 6.07) is 5.47. The zero-order valence-corrected chi connectivity index (χ0v) is 12.3. The van der Waals surface area contributed by atoms with Gasteiger partial charge in [-0.15, -0.1) is 0 Å². The topological polar surface area (TPSA) is 29.1 Å². The number of carbonyl (C=O) groups excluding carboxylic acids is 1. The van der Waals surface area contributed by atoms with Gasteiger partial charge in [0.15, 0.2) is 0 Å². The first kappa shape index (κ1) is 16.1. The molecule has 0 heterocycles. The summed E-state index contributed by atoms with van der Waals surface area (Å²) < 4.78 is 39.3. The molecule has 21 heavy (non-hydrogen) atoms. The second kappa shape index (κ2) is 6.26. The van der Waals surface area contributed by atoms with Crippen molar-refractivity contribution in [3.63, 3.8) is 0 Å². The average molecular weight is 320 g/mol. The molecule has 1 aliphatic carbocycles. The molecule has 0 spiro atoms. The minimum atomic E-state index is -4.42. The lowest BCUT2D eigenvalue weighted by Crippen LogP contribution is -2.48. The Morgan fingerprint density at radius 1 is 1.38 bits per heavy atom. The van der Waals surface area contributed by atoms with Gasteiger partial charge in [0, 0.05) is 11.9 Å². The van der Waals surface area contributed by atoms with Crippen LogP contribution in [0.3, 0.4) is 0 Å². The Kier molecular flexibility index (Phi) is 4.81. The average Bonchev–Trinajstić information content (AvgIpc) is 2.83. The van der Waals surface area contributed by atoms with E-state index in [0.717, 1.165) is 12.5 Å². The smallest absolute Gasteiger partial charge is 0.344 e. The molecule has 0 aromatic heterocycles. The van der Waals surface area contributed by atoms with Crippen molar-refractivity contribution >= 4 is 17.5 Å². The van der Waals surface area contributed by atoms with Crippen molar-refractivity contribution in [1.29, 1.82) is 0 Å². The molecule has 6 heteroatoms. The number of amides is 1. The summed E-state index contributed by atoms with van der Waals surface area (Å²) in [6.07, 6.45) is -2.89. The Balaban J connectivity index is 2.11. The summed E-state index contributed by atoms with van der Waals surface area (Å²) in [7, 11) is 0. The zero-order chi connectivity index (χ0) is 15.6. The number of nitrogens with one attached hydrogen (secondary N) is 1. The highest BCUT2D eigenvalue weighted by molar-refractivity contribution is 6.30. The number of benzene rings is 1. The molecular weight excluding hydrogens is 303 g/mol. The Hall–Kier alpha value is -1.23. The largest absolute Gasteiger partial charge is 0.408 e. The molecule has 1 saturated carbocycles. The molecule has 0 saturated heterocycles. The normalized spacial score (nSPS) is 23.9. The fourth-order valence-electron chi connectivity index (χ4n) is 3.07. The molecule has 0 aliphatic heterocycles. The first-order chi connectivity index (χ1) is 9.77.